The van der Waals surface area contributed by atoms with Crippen LogP contribution in [0, 0.1) is 12.8 Å². The van der Waals surface area contributed by atoms with E-state index in [1.54, 1.807) is 46.8 Å². The second-order valence-electron chi connectivity index (χ2n) is 9.50. The molecule has 0 aliphatic carbocycles. The maximum atomic E-state index is 13.9. The van der Waals surface area contributed by atoms with Crippen LogP contribution in [0.2, 0.25) is 0 Å². The second-order valence-corrected chi connectivity index (χ2v) is 9.50. The number of rotatable bonds is 11. The Hall–Kier alpha value is -3.56. The molecule has 200 valence electrons. The fourth-order valence-corrected chi connectivity index (χ4v) is 3.44. The number of aryl methyl sites for hydroxylation is 1. The molecule has 0 saturated carbocycles. The summed E-state index contributed by atoms with van der Waals surface area (Å²) in [5.41, 5.74) is -0.125. The fourth-order valence-electron chi connectivity index (χ4n) is 3.44. The fraction of sp³-hybridized carbons (Fsp3) is 0.538. The zero-order valence-corrected chi connectivity index (χ0v) is 22.2. The Kier molecular flexibility index (Phi) is 11.4. The van der Waals surface area contributed by atoms with Crippen molar-refractivity contribution in [2.45, 2.75) is 65.6 Å². The number of hydrogen-bond acceptors (Lipinski definition) is 7. The third-order valence-electron chi connectivity index (χ3n) is 5.52. The zero-order valence-electron chi connectivity index (χ0n) is 22.2. The highest BCUT2D eigenvalue weighted by Gasteiger charge is 2.38. The number of ether oxygens (including phenoxy) is 2. The van der Waals surface area contributed by atoms with Gasteiger partial charge in [0.2, 0.25) is 11.8 Å². The monoisotopic (exact) mass is 505 g/mol. The van der Waals surface area contributed by atoms with Gasteiger partial charge >= 0.3 is 12.1 Å². The van der Waals surface area contributed by atoms with Crippen LogP contribution in [-0.4, -0.2) is 65.7 Å². The lowest BCUT2D eigenvalue weighted by atomic mass is 9.95. The average Bonchev–Trinajstić information content (AvgIpc) is 2.81. The van der Waals surface area contributed by atoms with E-state index in [1.807, 2.05) is 6.92 Å². The summed E-state index contributed by atoms with van der Waals surface area (Å²) in [7, 11) is 1.19. The summed E-state index contributed by atoms with van der Waals surface area (Å²) >= 11 is 0. The third kappa shape index (κ3) is 8.58. The van der Waals surface area contributed by atoms with Gasteiger partial charge in [0.25, 0.3) is 0 Å². The number of amides is 3. The smallest absolute Gasteiger partial charge is 0.408 e. The first kappa shape index (κ1) is 30.5. The lowest BCUT2D eigenvalue weighted by molar-refractivity contribution is -0.144. The molecule has 0 aliphatic rings. The minimum Gasteiger partial charge on any atom is -0.507 e. The van der Waals surface area contributed by atoms with Gasteiger partial charge in [0.1, 0.15) is 30.0 Å². The summed E-state index contributed by atoms with van der Waals surface area (Å²) in [6.45, 7) is 13.6. The van der Waals surface area contributed by atoms with Gasteiger partial charge in [0.05, 0.1) is 7.11 Å². The van der Waals surface area contributed by atoms with Crippen molar-refractivity contribution in [2.24, 2.45) is 5.92 Å². The number of phenolic OH excluding ortho intramolecular Hbond substituents is 1. The first-order chi connectivity index (χ1) is 16.8. The van der Waals surface area contributed by atoms with Gasteiger partial charge < -0.3 is 30.1 Å². The van der Waals surface area contributed by atoms with Gasteiger partial charge in [-0.25, -0.2) is 4.79 Å². The molecule has 10 nitrogen and oxygen atoms in total. The van der Waals surface area contributed by atoms with E-state index in [0.717, 1.165) is 0 Å². The van der Waals surface area contributed by atoms with Gasteiger partial charge in [-0.1, -0.05) is 44.5 Å². The molecule has 1 aromatic rings. The molecule has 3 N–H and O–H groups in total. The summed E-state index contributed by atoms with van der Waals surface area (Å²) in [6.07, 6.45) is 1.21. The van der Waals surface area contributed by atoms with E-state index < -0.39 is 48.1 Å². The molecule has 0 spiro atoms. The molecule has 3 unspecified atom stereocenters. The Labute approximate surface area is 213 Å². The van der Waals surface area contributed by atoms with Crippen molar-refractivity contribution in [2.75, 3.05) is 20.2 Å². The molecule has 1 rings (SSSR count). The molecule has 0 radical (unpaired) electrons. The van der Waals surface area contributed by atoms with Crippen LogP contribution in [0.1, 0.15) is 58.2 Å². The maximum absolute atomic E-state index is 13.9. The Bertz CT molecular complexity index is 955. The van der Waals surface area contributed by atoms with Crippen LogP contribution in [0.3, 0.4) is 0 Å². The Morgan fingerprint density at radius 1 is 1.22 bits per heavy atom. The van der Waals surface area contributed by atoms with Crippen molar-refractivity contribution in [3.8, 4) is 5.75 Å². The highest BCUT2D eigenvalue weighted by atomic mass is 16.6. The molecule has 10 heteroatoms. The number of nitrogens with zero attached hydrogens (tertiary/aromatic N) is 1. The van der Waals surface area contributed by atoms with E-state index in [9.17, 15) is 24.3 Å². The molecule has 0 heterocycles. The maximum Gasteiger partial charge on any atom is 0.408 e. The molecule has 0 aliphatic heterocycles. The van der Waals surface area contributed by atoms with Crippen molar-refractivity contribution < 1.29 is 33.8 Å². The van der Waals surface area contributed by atoms with Gasteiger partial charge in [-0.15, -0.1) is 6.58 Å². The molecule has 3 atom stereocenters. The first-order valence-corrected chi connectivity index (χ1v) is 11.8. The molecule has 3 amide bonds. The molecule has 0 saturated heterocycles. The van der Waals surface area contributed by atoms with Gasteiger partial charge in [-0.2, -0.15) is 0 Å². The summed E-state index contributed by atoms with van der Waals surface area (Å²) in [6, 6.07) is 2.47. The van der Waals surface area contributed by atoms with Gasteiger partial charge in [0, 0.05) is 12.1 Å². The molecule has 0 aromatic heterocycles. The molecular weight excluding hydrogens is 466 g/mol. The van der Waals surface area contributed by atoms with E-state index in [4.69, 9.17) is 4.74 Å². The number of alkyl carbamates (subject to hydrolysis) is 1. The molecule has 0 bridgehead atoms. The highest BCUT2D eigenvalue weighted by Crippen LogP contribution is 2.32. The number of nitrogens with one attached hydrogen (secondary N) is 2. The van der Waals surface area contributed by atoms with Crippen LogP contribution < -0.4 is 10.6 Å². The van der Waals surface area contributed by atoms with Gasteiger partial charge in [-0.05, 0) is 39.2 Å². The normalized spacial score (nSPS) is 13.5. The van der Waals surface area contributed by atoms with Crippen LogP contribution in [0.15, 0.2) is 30.9 Å². The van der Waals surface area contributed by atoms with E-state index in [-0.39, 0.29) is 23.8 Å². The quantitative estimate of drug-likeness (QED) is 0.311. The standard InChI is InChI=1S/C26H39N3O7/c1-9-14-29(24(33)20(16(3)10-2)28-25(34)36-26(5,6)7)21(23(32)27-15-19(30)35-8)18-13-11-12-17(4)22(18)31/h9,11-13,16,20-21,31H,1,10,14-15H2,2-8H3,(H,27,32)(H,28,34). The lowest BCUT2D eigenvalue weighted by Gasteiger charge is -2.35. The summed E-state index contributed by atoms with van der Waals surface area (Å²) < 4.78 is 9.94. The van der Waals surface area contributed by atoms with Crippen molar-refractivity contribution >= 4 is 23.9 Å². The number of methoxy groups -OCH3 is 1. The van der Waals surface area contributed by atoms with E-state index in [0.29, 0.717) is 12.0 Å². The Balaban J connectivity index is 3.54. The van der Waals surface area contributed by atoms with Crippen molar-refractivity contribution in [3.05, 3.63) is 42.0 Å². The van der Waals surface area contributed by atoms with E-state index in [2.05, 4.69) is 21.9 Å². The minimum absolute atomic E-state index is 0.0779. The second kappa shape index (κ2) is 13.5. The van der Waals surface area contributed by atoms with Crippen LogP contribution >= 0.6 is 0 Å². The first-order valence-electron chi connectivity index (χ1n) is 11.8. The van der Waals surface area contributed by atoms with E-state index >= 15 is 0 Å². The van der Waals surface area contributed by atoms with Crippen LogP contribution in [0.25, 0.3) is 0 Å². The predicted molar refractivity (Wildman–Crippen MR) is 135 cm³/mol. The topological polar surface area (TPSA) is 134 Å². The van der Waals surface area contributed by atoms with E-state index in [1.165, 1.54) is 24.2 Å². The molecular formula is C26H39N3O7. The number of aromatic hydroxyl groups is 1. The number of para-hydroxylation sites is 1. The number of carbonyl (C=O) groups is 4. The SMILES string of the molecule is C=CCN(C(=O)C(NC(=O)OC(C)(C)C)C(C)CC)C(C(=O)NCC(=O)OC)c1cccc(C)c1O. The molecule has 36 heavy (non-hydrogen) atoms. The van der Waals surface area contributed by atoms with Crippen LogP contribution in [0.5, 0.6) is 5.75 Å². The van der Waals surface area contributed by atoms with Crippen LogP contribution in [0.4, 0.5) is 4.79 Å². The van der Waals surface area contributed by atoms with Gasteiger partial charge in [-0.3, -0.25) is 14.4 Å². The summed E-state index contributed by atoms with van der Waals surface area (Å²) in [5, 5.41) is 15.9. The number of benzene rings is 1. The number of hydrogen-bond donors (Lipinski definition) is 3. The number of phenols is 1. The average molecular weight is 506 g/mol. The van der Waals surface area contributed by atoms with Gasteiger partial charge in [0.15, 0.2) is 0 Å². The minimum atomic E-state index is -1.33. The largest absolute Gasteiger partial charge is 0.507 e. The highest BCUT2D eigenvalue weighted by molar-refractivity contribution is 5.94. The Morgan fingerprint density at radius 3 is 2.39 bits per heavy atom. The Morgan fingerprint density at radius 2 is 1.86 bits per heavy atom. The summed E-state index contributed by atoms with van der Waals surface area (Å²) in [4.78, 5) is 52.7. The lowest BCUT2D eigenvalue weighted by Crippen LogP contribution is -2.55. The van der Waals surface area contributed by atoms with Crippen LogP contribution in [-0.2, 0) is 23.9 Å². The van der Waals surface area contributed by atoms with Crippen molar-refractivity contribution in [3.63, 3.8) is 0 Å². The zero-order chi connectivity index (χ0) is 27.6. The summed E-state index contributed by atoms with van der Waals surface area (Å²) in [5.74, 6) is -2.45. The third-order valence-corrected chi connectivity index (χ3v) is 5.52. The van der Waals surface area contributed by atoms with Crippen molar-refractivity contribution in [1.82, 2.24) is 15.5 Å². The predicted octanol–water partition coefficient (Wildman–Crippen LogP) is 2.98. The molecule has 0 fully saturated rings. The van der Waals surface area contributed by atoms with Crippen molar-refractivity contribution in [1.29, 1.82) is 0 Å². The molecule has 1 aromatic carbocycles. The number of esters is 1. The number of carbonyl (C=O) groups excluding carboxylic acids is 4.